The normalized spacial score (nSPS) is 12.4. The Balaban J connectivity index is 2.53. The molecular formula is C13H10ClO. The largest absolute Gasteiger partial charge is 0.210 e. The van der Waals surface area contributed by atoms with Gasteiger partial charge >= 0.3 is 0 Å². The molecule has 0 aromatic heterocycles. The maximum Gasteiger partial charge on any atom is 0.192 e. The van der Waals surface area contributed by atoms with Crippen LogP contribution in [-0.4, -0.2) is 0 Å². The molecule has 2 rings (SSSR count). The summed E-state index contributed by atoms with van der Waals surface area (Å²) < 4.78 is 0. The summed E-state index contributed by atoms with van der Waals surface area (Å²) in [4.78, 5) is 0. The van der Waals surface area contributed by atoms with E-state index in [2.05, 4.69) is 0 Å². The van der Waals surface area contributed by atoms with Crippen molar-refractivity contribution >= 4 is 11.6 Å². The second kappa shape index (κ2) is 4.47. The molecule has 0 amide bonds. The number of rotatable bonds is 2. The molecular weight excluding hydrogens is 208 g/mol. The predicted molar refractivity (Wildman–Crippen MR) is 61.2 cm³/mol. The van der Waals surface area contributed by atoms with Gasteiger partial charge in [-0.25, -0.2) is 5.11 Å². The monoisotopic (exact) mass is 217 g/mol. The Bertz CT molecular complexity index is 437. The van der Waals surface area contributed by atoms with E-state index in [1.807, 2.05) is 48.5 Å². The minimum Gasteiger partial charge on any atom is -0.210 e. The Morgan fingerprint density at radius 3 is 2.13 bits per heavy atom. The Morgan fingerprint density at radius 1 is 0.867 bits per heavy atom. The van der Waals surface area contributed by atoms with Crippen LogP contribution in [0.15, 0.2) is 54.6 Å². The van der Waals surface area contributed by atoms with Gasteiger partial charge in [0.2, 0.25) is 0 Å². The zero-order valence-electron chi connectivity index (χ0n) is 8.06. The highest BCUT2D eigenvalue weighted by atomic mass is 35.5. The Hall–Kier alpha value is -1.31. The van der Waals surface area contributed by atoms with E-state index in [4.69, 9.17) is 11.6 Å². The number of hydrogen-bond donors (Lipinski definition) is 0. The summed E-state index contributed by atoms with van der Waals surface area (Å²) >= 11 is 5.60. The van der Waals surface area contributed by atoms with Crippen LogP contribution in [0.5, 0.6) is 0 Å². The third kappa shape index (κ3) is 2.20. The molecule has 1 nitrogen and oxygen atoms in total. The number of alkyl halides is 1. The van der Waals surface area contributed by atoms with Gasteiger partial charge in [0.25, 0.3) is 0 Å². The fourth-order valence-electron chi connectivity index (χ4n) is 1.58. The highest BCUT2D eigenvalue weighted by molar-refractivity contribution is 6.20. The third-order valence-corrected chi connectivity index (χ3v) is 2.53. The van der Waals surface area contributed by atoms with Crippen LogP contribution in [0.3, 0.4) is 0 Å². The van der Waals surface area contributed by atoms with Gasteiger partial charge < -0.3 is 0 Å². The maximum absolute atomic E-state index is 11.3. The molecule has 2 aromatic carbocycles. The second-order valence-electron chi connectivity index (χ2n) is 3.27. The Morgan fingerprint density at radius 2 is 1.47 bits per heavy atom. The zero-order valence-corrected chi connectivity index (χ0v) is 8.82. The molecule has 15 heavy (non-hydrogen) atoms. The first-order valence-corrected chi connectivity index (χ1v) is 5.17. The molecule has 1 atom stereocenters. The van der Waals surface area contributed by atoms with Crippen LogP contribution in [0, 0.1) is 0 Å². The van der Waals surface area contributed by atoms with Crippen LogP contribution in [0.25, 0.3) is 11.1 Å². The van der Waals surface area contributed by atoms with E-state index < -0.39 is 5.56 Å². The van der Waals surface area contributed by atoms with Crippen LogP contribution >= 0.6 is 11.6 Å². The molecule has 0 aliphatic rings. The van der Waals surface area contributed by atoms with Crippen molar-refractivity contribution < 1.29 is 5.11 Å². The molecule has 0 saturated carbocycles. The Kier molecular flexibility index (Phi) is 3.05. The first-order valence-electron chi connectivity index (χ1n) is 4.73. The maximum atomic E-state index is 11.3. The van der Waals surface area contributed by atoms with E-state index >= 15 is 0 Å². The fourth-order valence-corrected chi connectivity index (χ4v) is 1.77. The van der Waals surface area contributed by atoms with Crippen molar-refractivity contribution in [2.24, 2.45) is 0 Å². The van der Waals surface area contributed by atoms with E-state index in [0.717, 1.165) is 11.1 Å². The summed E-state index contributed by atoms with van der Waals surface area (Å²) in [6.45, 7) is 0. The molecule has 2 aromatic rings. The Labute approximate surface area is 94.0 Å². The molecule has 0 N–H and O–H groups in total. The average Bonchev–Trinajstić information content (AvgIpc) is 2.30. The third-order valence-electron chi connectivity index (χ3n) is 2.29. The summed E-state index contributed by atoms with van der Waals surface area (Å²) in [5.41, 5.74) is 1.36. The van der Waals surface area contributed by atoms with E-state index in [1.54, 1.807) is 6.07 Å². The van der Waals surface area contributed by atoms with Crippen molar-refractivity contribution in [3.05, 3.63) is 60.2 Å². The fraction of sp³-hybridized carbons (Fsp3) is 0.0769. The van der Waals surface area contributed by atoms with Gasteiger partial charge in [-0.05, 0) is 11.1 Å². The molecule has 0 aliphatic carbocycles. The van der Waals surface area contributed by atoms with Crippen molar-refractivity contribution in [3.8, 4) is 11.1 Å². The first kappa shape index (κ1) is 10.2. The lowest BCUT2D eigenvalue weighted by atomic mass is 10.0. The molecule has 0 spiro atoms. The SMILES string of the molecule is [O]C(Cl)c1ccccc1-c1ccccc1. The van der Waals surface area contributed by atoms with Crippen molar-refractivity contribution in [2.75, 3.05) is 0 Å². The lowest BCUT2D eigenvalue weighted by molar-refractivity contribution is 0.161. The minimum absolute atomic E-state index is 0.630. The lowest BCUT2D eigenvalue weighted by Gasteiger charge is -2.08. The topological polar surface area (TPSA) is 19.9 Å². The first-order chi connectivity index (χ1) is 7.29. The van der Waals surface area contributed by atoms with Gasteiger partial charge in [-0.2, -0.15) is 0 Å². The lowest BCUT2D eigenvalue weighted by Crippen LogP contribution is -1.90. The smallest absolute Gasteiger partial charge is 0.192 e. The highest BCUT2D eigenvalue weighted by Crippen LogP contribution is 2.29. The quantitative estimate of drug-likeness (QED) is 0.677. The summed E-state index contributed by atoms with van der Waals surface area (Å²) in [6.07, 6.45) is 0. The van der Waals surface area contributed by atoms with E-state index in [0.29, 0.717) is 5.56 Å². The van der Waals surface area contributed by atoms with Crippen molar-refractivity contribution in [1.82, 2.24) is 0 Å². The van der Waals surface area contributed by atoms with Gasteiger partial charge in [-0.3, -0.25) is 0 Å². The van der Waals surface area contributed by atoms with Gasteiger partial charge in [-0.1, -0.05) is 66.2 Å². The van der Waals surface area contributed by atoms with Gasteiger partial charge in [0, 0.05) is 5.56 Å². The number of benzene rings is 2. The molecule has 75 valence electrons. The minimum atomic E-state index is -1.21. The zero-order chi connectivity index (χ0) is 10.7. The van der Waals surface area contributed by atoms with Crippen LogP contribution in [0.1, 0.15) is 11.1 Å². The van der Waals surface area contributed by atoms with E-state index in [-0.39, 0.29) is 0 Å². The second-order valence-corrected chi connectivity index (χ2v) is 3.67. The van der Waals surface area contributed by atoms with E-state index in [9.17, 15) is 5.11 Å². The van der Waals surface area contributed by atoms with Crippen molar-refractivity contribution in [2.45, 2.75) is 5.56 Å². The van der Waals surface area contributed by atoms with Gasteiger partial charge in [-0.15, -0.1) is 0 Å². The molecule has 1 radical (unpaired) electrons. The molecule has 0 fully saturated rings. The van der Waals surface area contributed by atoms with Gasteiger partial charge in [0.1, 0.15) is 0 Å². The van der Waals surface area contributed by atoms with Crippen LogP contribution < -0.4 is 0 Å². The highest BCUT2D eigenvalue weighted by Gasteiger charge is 2.10. The molecule has 2 heteroatoms. The molecule has 1 unspecified atom stereocenters. The van der Waals surface area contributed by atoms with Gasteiger partial charge in [0.15, 0.2) is 5.56 Å². The van der Waals surface area contributed by atoms with Crippen molar-refractivity contribution in [3.63, 3.8) is 0 Å². The number of halogens is 1. The van der Waals surface area contributed by atoms with Crippen LogP contribution in [0.2, 0.25) is 0 Å². The summed E-state index contributed by atoms with van der Waals surface area (Å²) in [5.74, 6) is 0. The molecule has 0 bridgehead atoms. The molecule has 0 saturated heterocycles. The molecule has 0 heterocycles. The predicted octanol–water partition coefficient (Wildman–Crippen LogP) is 4.02. The molecule has 0 aliphatic heterocycles. The number of hydrogen-bond acceptors (Lipinski definition) is 0. The summed E-state index contributed by atoms with van der Waals surface area (Å²) in [7, 11) is 0. The standard InChI is InChI=1S/C13H10ClO/c14-13(15)12-9-5-4-8-11(12)10-6-2-1-3-7-10/h1-9,13H. The average molecular weight is 218 g/mol. The van der Waals surface area contributed by atoms with Gasteiger partial charge in [0.05, 0.1) is 0 Å². The van der Waals surface area contributed by atoms with Crippen molar-refractivity contribution in [1.29, 1.82) is 0 Å². The van der Waals surface area contributed by atoms with Crippen LogP contribution in [-0.2, 0) is 5.11 Å². The van der Waals surface area contributed by atoms with E-state index in [1.165, 1.54) is 0 Å². The summed E-state index contributed by atoms with van der Waals surface area (Å²) in [5, 5.41) is 11.3. The van der Waals surface area contributed by atoms with Crippen LogP contribution in [0.4, 0.5) is 0 Å². The summed E-state index contributed by atoms with van der Waals surface area (Å²) in [6, 6.07) is 17.2.